The second-order valence-corrected chi connectivity index (χ2v) is 16.3. The van der Waals surface area contributed by atoms with E-state index in [0.717, 1.165) is 51.4 Å². The molecule has 0 heterocycles. The van der Waals surface area contributed by atoms with Gasteiger partial charge >= 0.3 is 17.9 Å². The Hall–Kier alpha value is -4.47. The van der Waals surface area contributed by atoms with E-state index in [2.05, 4.69) is 20.8 Å². The summed E-state index contributed by atoms with van der Waals surface area (Å²) >= 11 is 0. The summed E-state index contributed by atoms with van der Waals surface area (Å²) in [5, 5.41) is 48.4. The lowest BCUT2D eigenvalue weighted by Gasteiger charge is -2.62. The van der Waals surface area contributed by atoms with Gasteiger partial charge in [-0.25, -0.2) is 9.59 Å². The minimum atomic E-state index is -0.801. The number of hydrogen-bond acceptors (Lipinski definition) is 9. The number of carbonyl (C=O) groups is 3. The molecule has 5 N–H and O–H groups in total. The predicted molar refractivity (Wildman–Crippen MR) is 194 cm³/mol. The lowest BCUT2D eigenvalue weighted by Crippen LogP contribution is -2.59. The first-order chi connectivity index (χ1) is 24.7. The number of carboxylic acids is 1. The third-order valence-electron chi connectivity index (χ3n) is 13.6. The highest BCUT2D eigenvalue weighted by atomic mass is 16.5. The average Bonchev–Trinajstić information content (AvgIpc) is 3.47. The number of carbonyl (C=O) groups excluding carboxylic acids is 2. The van der Waals surface area contributed by atoms with Crippen molar-refractivity contribution in [2.45, 2.75) is 97.2 Å². The van der Waals surface area contributed by atoms with Crippen molar-refractivity contribution in [2.75, 3.05) is 0 Å². The van der Waals surface area contributed by atoms with Crippen LogP contribution in [0, 0.1) is 46.3 Å². The van der Waals surface area contributed by atoms with E-state index in [0.29, 0.717) is 41.2 Å². The first-order valence-electron chi connectivity index (χ1n) is 18.7. The molecule has 4 aliphatic rings. The van der Waals surface area contributed by atoms with Gasteiger partial charge in [-0.15, -0.1) is 0 Å². The summed E-state index contributed by atoms with van der Waals surface area (Å²) in [5.74, 6) is -0.903. The average molecular weight is 717 g/mol. The fourth-order valence-electron chi connectivity index (χ4n) is 11.0. The van der Waals surface area contributed by atoms with Crippen molar-refractivity contribution in [3.05, 3.63) is 59.7 Å². The number of aromatic hydroxyl groups is 4. The SMILES string of the molecule is C[C@H](CCC(=O)O)[C@H]1CC[C@H]2[C@@H]3CC[C@@H]4C[C@H](OC(=O)/C=C/c5ccc(O)c(O)c5)CC[C@]4(C)[C@H]3C[C@H](OC(=O)/C=C/c3ccc(O)c(O)c3)[C@]12C. The zero-order valence-corrected chi connectivity index (χ0v) is 30.2. The molecule has 52 heavy (non-hydrogen) atoms. The number of benzene rings is 2. The fraction of sp³-hybridized carbons (Fsp3) is 0.548. The van der Waals surface area contributed by atoms with Crippen molar-refractivity contribution >= 4 is 30.1 Å². The summed E-state index contributed by atoms with van der Waals surface area (Å²) in [7, 11) is 0. The molecule has 0 saturated heterocycles. The number of carboxylic acid groups (broad SMARTS) is 1. The highest BCUT2D eigenvalue weighted by Crippen LogP contribution is 2.69. The summed E-state index contributed by atoms with van der Waals surface area (Å²) in [4.78, 5) is 37.9. The van der Waals surface area contributed by atoms with Crippen molar-refractivity contribution in [1.82, 2.24) is 0 Å². The summed E-state index contributed by atoms with van der Waals surface area (Å²) in [6, 6.07) is 8.70. The van der Waals surface area contributed by atoms with Gasteiger partial charge in [0.1, 0.15) is 12.2 Å². The van der Waals surface area contributed by atoms with E-state index in [1.165, 1.54) is 36.4 Å². The van der Waals surface area contributed by atoms with Crippen LogP contribution in [-0.4, -0.2) is 55.6 Å². The Morgan fingerprint density at radius 3 is 2.00 bits per heavy atom. The van der Waals surface area contributed by atoms with Gasteiger partial charge in [-0.05, 0) is 146 Å². The summed E-state index contributed by atoms with van der Waals surface area (Å²) in [6.07, 6.45) is 13.1. The largest absolute Gasteiger partial charge is 0.504 e. The molecule has 10 heteroatoms. The van der Waals surface area contributed by atoms with E-state index in [9.17, 15) is 39.9 Å². The van der Waals surface area contributed by atoms with Gasteiger partial charge < -0.3 is 35.0 Å². The van der Waals surface area contributed by atoms with E-state index in [1.54, 1.807) is 24.3 Å². The Balaban J connectivity index is 1.19. The summed E-state index contributed by atoms with van der Waals surface area (Å²) in [6.45, 7) is 6.80. The van der Waals surface area contributed by atoms with Crippen molar-refractivity contribution < 1.29 is 49.4 Å². The minimum Gasteiger partial charge on any atom is -0.504 e. The number of esters is 2. The van der Waals surface area contributed by atoms with Crippen LogP contribution in [-0.2, 0) is 23.9 Å². The maximum absolute atomic E-state index is 13.5. The zero-order chi connectivity index (χ0) is 37.4. The van der Waals surface area contributed by atoms with E-state index in [1.807, 2.05) is 0 Å². The van der Waals surface area contributed by atoms with E-state index < -0.39 is 17.9 Å². The Morgan fingerprint density at radius 1 is 0.788 bits per heavy atom. The highest BCUT2D eigenvalue weighted by Gasteiger charge is 2.65. The number of aliphatic carboxylic acids is 1. The standard InChI is InChI=1S/C42H52O10/c1-24(4-15-38(47)48)30-11-12-31-29-10-9-27-22-28(51-39(49)16-7-25-5-13-33(43)35(45)20-25)18-19-41(27,2)32(29)23-37(42(30,31)3)52-40(50)17-8-26-6-14-34(44)36(46)21-26/h5-8,13-14,16-17,20-21,24,27-32,37,43-46H,4,9-12,15,18-19,22-23H2,1-3H3,(H,47,48)/b16-7+,17-8+/t24-,27-,28-,29+,30-,31+,32+,37+,41+,42-/m1/s1. The van der Waals surface area contributed by atoms with E-state index in [-0.39, 0.29) is 64.3 Å². The van der Waals surface area contributed by atoms with Crippen LogP contribution in [0.15, 0.2) is 48.6 Å². The second-order valence-electron chi connectivity index (χ2n) is 16.3. The van der Waals surface area contributed by atoms with E-state index in [4.69, 9.17) is 9.47 Å². The molecule has 4 saturated carbocycles. The number of hydrogen-bond donors (Lipinski definition) is 5. The van der Waals surface area contributed by atoms with Crippen molar-refractivity contribution in [3.8, 4) is 23.0 Å². The Labute approximate surface area is 305 Å². The fourth-order valence-corrected chi connectivity index (χ4v) is 11.0. The lowest BCUT2D eigenvalue weighted by atomic mass is 9.43. The van der Waals surface area contributed by atoms with Gasteiger partial charge in [-0.1, -0.05) is 32.9 Å². The molecule has 10 atom stereocenters. The molecule has 4 fully saturated rings. The Bertz CT molecular complexity index is 1730. The van der Waals surface area contributed by atoms with E-state index >= 15 is 0 Å². The zero-order valence-electron chi connectivity index (χ0n) is 30.2. The molecule has 2 aromatic carbocycles. The molecule has 0 aromatic heterocycles. The molecule has 280 valence electrons. The van der Waals surface area contributed by atoms with Crippen LogP contribution >= 0.6 is 0 Å². The normalized spacial score (nSPS) is 33.2. The summed E-state index contributed by atoms with van der Waals surface area (Å²) < 4.78 is 12.4. The predicted octanol–water partition coefficient (Wildman–Crippen LogP) is 7.83. The Morgan fingerprint density at radius 2 is 1.40 bits per heavy atom. The molecule has 0 radical (unpaired) electrons. The van der Waals surface area contributed by atoms with Gasteiger partial charge in [-0.2, -0.15) is 0 Å². The molecular weight excluding hydrogens is 664 g/mol. The maximum atomic E-state index is 13.5. The van der Waals surface area contributed by atoms with Crippen molar-refractivity contribution in [1.29, 1.82) is 0 Å². The molecule has 0 bridgehead atoms. The van der Waals surface area contributed by atoms with Gasteiger partial charge in [0, 0.05) is 24.0 Å². The number of phenolic OH excluding ortho intramolecular Hbond substituents is 4. The molecule has 6 rings (SSSR count). The second kappa shape index (κ2) is 14.9. The van der Waals surface area contributed by atoms with Gasteiger partial charge in [0.25, 0.3) is 0 Å². The Kier molecular flexibility index (Phi) is 10.7. The highest BCUT2D eigenvalue weighted by molar-refractivity contribution is 5.88. The van der Waals surface area contributed by atoms with Crippen LogP contribution in [0.3, 0.4) is 0 Å². The third-order valence-corrected chi connectivity index (χ3v) is 13.6. The topological polar surface area (TPSA) is 171 Å². The number of phenols is 4. The van der Waals surface area contributed by atoms with Crippen LogP contribution in [0.4, 0.5) is 0 Å². The molecule has 0 spiro atoms. The van der Waals surface area contributed by atoms with Crippen LogP contribution < -0.4 is 0 Å². The molecule has 0 aliphatic heterocycles. The third kappa shape index (κ3) is 7.39. The quantitative estimate of drug-likeness (QED) is 0.0927. The number of rotatable bonds is 10. The first-order valence-corrected chi connectivity index (χ1v) is 18.7. The van der Waals surface area contributed by atoms with Gasteiger partial charge in [0.05, 0.1) is 0 Å². The van der Waals surface area contributed by atoms with Gasteiger partial charge in [-0.3, -0.25) is 4.79 Å². The monoisotopic (exact) mass is 716 g/mol. The maximum Gasteiger partial charge on any atom is 0.331 e. The van der Waals surface area contributed by atoms with Crippen LogP contribution in [0.2, 0.25) is 0 Å². The lowest BCUT2D eigenvalue weighted by molar-refractivity contribution is -0.196. The molecular formula is C42H52O10. The smallest absolute Gasteiger partial charge is 0.331 e. The molecule has 10 nitrogen and oxygen atoms in total. The molecule has 4 aliphatic carbocycles. The number of fused-ring (bicyclic) bond motifs is 5. The van der Waals surface area contributed by atoms with Gasteiger partial charge in [0.15, 0.2) is 23.0 Å². The van der Waals surface area contributed by atoms with Crippen LogP contribution in [0.25, 0.3) is 12.2 Å². The molecule has 2 aromatic rings. The van der Waals surface area contributed by atoms with Crippen molar-refractivity contribution in [2.24, 2.45) is 46.3 Å². The van der Waals surface area contributed by atoms with Crippen LogP contribution in [0.1, 0.15) is 96.1 Å². The minimum absolute atomic E-state index is 0.0242. The van der Waals surface area contributed by atoms with Gasteiger partial charge in [0.2, 0.25) is 0 Å². The first kappa shape index (κ1) is 37.3. The van der Waals surface area contributed by atoms with Crippen molar-refractivity contribution in [3.63, 3.8) is 0 Å². The number of ether oxygens (including phenoxy) is 2. The van der Waals surface area contributed by atoms with Crippen LogP contribution in [0.5, 0.6) is 23.0 Å². The molecule has 0 amide bonds. The summed E-state index contributed by atoms with van der Waals surface area (Å²) in [5.41, 5.74) is 0.790. The molecule has 0 unspecified atom stereocenters.